The molecular formula is C13H20Br2S. The predicted octanol–water partition coefficient (Wildman–Crippen LogP) is 6.03. The van der Waals surface area contributed by atoms with Gasteiger partial charge in [-0.05, 0) is 52.7 Å². The number of halogens is 2. The second-order valence-corrected chi connectivity index (χ2v) is 7.58. The van der Waals surface area contributed by atoms with Crippen LogP contribution in [0.4, 0.5) is 0 Å². The Labute approximate surface area is 120 Å². The van der Waals surface area contributed by atoms with Crippen LogP contribution in [-0.2, 0) is 6.42 Å². The molecule has 1 aromatic rings. The molecule has 1 unspecified atom stereocenters. The highest BCUT2D eigenvalue weighted by atomic mass is 79.9. The zero-order chi connectivity index (χ0) is 12.0. The minimum absolute atomic E-state index is 0.459. The van der Waals surface area contributed by atoms with E-state index in [4.69, 9.17) is 0 Å². The van der Waals surface area contributed by atoms with E-state index < -0.39 is 0 Å². The van der Waals surface area contributed by atoms with Gasteiger partial charge in [-0.3, -0.25) is 0 Å². The highest BCUT2D eigenvalue weighted by Gasteiger charge is 2.27. The van der Waals surface area contributed by atoms with Crippen LogP contribution in [0.1, 0.15) is 44.4 Å². The van der Waals surface area contributed by atoms with E-state index in [9.17, 15) is 0 Å². The monoisotopic (exact) mass is 366 g/mol. The zero-order valence-corrected chi connectivity index (χ0v) is 14.1. The van der Waals surface area contributed by atoms with Crippen molar-refractivity contribution in [2.45, 2.75) is 46.0 Å². The molecule has 1 atom stereocenters. The maximum absolute atomic E-state index is 3.72. The molecule has 0 aliphatic heterocycles. The average Bonchev–Trinajstić information content (AvgIpc) is 2.70. The number of hydrogen-bond donors (Lipinski definition) is 0. The Hall–Kier alpha value is 0.660. The Balaban J connectivity index is 2.69. The molecular weight excluding hydrogens is 348 g/mol. The molecule has 0 amide bonds. The summed E-state index contributed by atoms with van der Waals surface area (Å²) in [6.07, 6.45) is 6.44. The molecule has 0 aromatic carbocycles. The third-order valence-electron chi connectivity index (χ3n) is 3.27. The lowest BCUT2D eigenvalue weighted by molar-refractivity contribution is 0.286. The van der Waals surface area contributed by atoms with Crippen molar-refractivity contribution in [3.63, 3.8) is 0 Å². The summed E-state index contributed by atoms with van der Waals surface area (Å²) in [5.41, 5.74) is 0.459. The third kappa shape index (κ3) is 4.15. The van der Waals surface area contributed by atoms with Gasteiger partial charge in [0, 0.05) is 10.2 Å². The molecule has 1 heterocycles. The molecule has 0 aliphatic rings. The summed E-state index contributed by atoms with van der Waals surface area (Å²) in [7, 11) is 0. The van der Waals surface area contributed by atoms with Gasteiger partial charge in [-0.15, -0.1) is 11.3 Å². The highest BCUT2D eigenvalue weighted by Crippen LogP contribution is 2.37. The van der Waals surface area contributed by atoms with Crippen molar-refractivity contribution in [2.24, 2.45) is 5.41 Å². The van der Waals surface area contributed by atoms with Crippen molar-refractivity contribution in [3.8, 4) is 0 Å². The summed E-state index contributed by atoms with van der Waals surface area (Å²) >= 11 is 9.14. The van der Waals surface area contributed by atoms with Crippen LogP contribution in [0.25, 0.3) is 0 Å². The van der Waals surface area contributed by atoms with E-state index in [1.807, 2.05) is 11.3 Å². The van der Waals surface area contributed by atoms with Gasteiger partial charge in [-0.2, -0.15) is 0 Å². The van der Waals surface area contributed by atoms with Crippen LogP contribution >= 0.6 is 43.2 Å². The lowest BCUT2D eigenvalue weighted by Gasteiger charge is -2.30. The van der Waals surface area contributed by atoms with Gasteiger partial charge in [0.2, 0.25) is 0 Å². The first-order valence-electron chi connectivity index (χ1n) is 5.96. The second kappa shape index (κ2) is 7.17. The summed E-state index contributed by atoms with van der Waals surface area (Å²) < 4.78 is 1.25. The van der Waals surface area contributed by atoms with E-state index in [1.54, 1.807) is 0 Å². The molecule has 1 rings (SSSR count). The fourth-order valence-electron chi connectivity index (χ4n) is 1.97. The first kappa shape index (κ1) is 14.7. The normalized spacial score (nSPS) is 15.0. The van der Waals surface area contributed by atoms with Crippen LogP contribution in [0.2, 0.25) is 0 Å². The zero-order valence-electron chi connectivity index (χ0n) is 10.1. The van der Waals surface area contributed by atoms with Crippen LogP contribution in [0, 0.1) is 5.41 Å². The van der Waals surface area contributed by atoms with Gasteiger partial charge in [-0.1, -0.05) is 42.6 Å². The summed E-state index contributed by atoms with van der Waals surface area (Å²) in [5, 5.41) is 1.12. The number of alkyl halides is 1. The van der Waals surface area contributed by atoms with Gasteiger partial charge in [0.15, 0.2) is 0 Å². The summed E-state index contributed by atoms with van der Waals surface area (Å²) in [4.78, 5) is 1.50. The maximum Gasteiger partial charge on any atom is 0.0701 e. The predicted molar refractivity (Wildman–Crippen MR) is 81.8 cm³/mol. The molecule has 0 N–H and O–H groups in total. The highest BCUT2D eigenvalue weighted by molar-refractivity contribution is 9.11. The minimum Gasteiger partial charge on any atom is -0.133 e. The van der Waals surface area contributed by atoms with Crippen LogP contribution in [0.5, 0.6) is 0 Å². The van der Waals surface area contributed by atoms with Gasteiger partial charge < -0.3 is 0 Å². The number of unbranched alkanes of at least 4 members (excludes halogenated alkanes) is 1. The summed E-state index contributed by atoms with van der Waals surface area (Å²) in [6, 6.07) is 4.42. The Morgan fingerprint density at radius 3 is 2.50 bits per heavy atom. The number of thiophene rings is 1. The lowest BCUT2D eigenvalue weighted by Crippen LogP contribution is -2.24. The molecule has 0 radical (unpaired) electrons. The van der Waals surface area contributed by atoms with E-state index in [0.29, 0.717) is 5.41 Å². The van der Waals surface area contributed by atoms with Crippen molar-refractivity contribution >= 4 is 43.2 Å². The van der Waals surface area contributed by atoms with Gasteiger partial charge >= 0.3 is 0 Å². The van der Waals surface area contributed by atoms with Gasteiger partial charge in [0.05, 0.1) is 3.79 Å². The van der Waals surface area contributed by atoms with Crippen molar-refractivity contribution in [2.75, 3.05) is 5.33 Å². The number of hydrogen-bond acceptors (Lipinski definition) is 1. The number of rotatable bonds is 7. The van der Waals surface area contributed by atoms with E-state index in [-0.39, 0.29) is 0 Å². The largest absolute Gasteiger partial charge is 0.133 e. The Kier molecular flexibility index (Phi) is 6.60. The first-order chi connectivity index (χ1) is 7.65. The van der Waals surface area contributed by atoms with Crippen LogP contribution < -0.4 is 0 Å². The quantitative estimate of drug-likeness (QED) is 0.515. The second-order valence-electron chi connectivity index (χ2n) is 4.47. The topological polar surface area (TPSA) is 0 Å². The van der Waals surface area contributed by atoms with E-state index in [2.05, 4.69) is 57.8 Å². The third-order valence-corrected chi connectivity index (χ3v) is 6.09. The molecule has 92 valence electrons. The maximum atomic E-state index is 3.72. The molecule has 3 heteroatoms. The van der Waals surface area contributed by atoms with E-state index in [0.717, 1.165) is 5.33 Å². The van der Waals surface area contributed by atoms with Crippen LogP contribution in [-0.4, -0.2) is 5.33 Å². The minimum atomic E-state index is 0.459. The van der Waals surface area contributed by atoms with Crippen molar-refractivity contribution in [3.05, 3.63) is 20.8 Å². The molecule has 1 aromatic heterocycles. The standard InChI is InChI=1S/C13H20Br2S/c1-3-5-8-13(4-2,10-14)9-11-6-7-12(15)16-11/h6-7H,3-5,8-10H2,1-2H3. The molecule has 0 aliphatic carbocycles. The van der Waals surface area contributed by atoms with Crippen molar-refractivity contribution in [1.82, 2.24) is 0 Å². The smallest absolute Gasteiger partial charge is 0.0701 e. The SMILES string of the molecule is CCCCC(CC)(CBr)Cc1ccc(Br)s1. The van der Waals surface area contributed by atoms with Crippen molar-refractivity contribution in [1.29, 1.82) is 0 Å². The van der Waals surface area contributed by atoms with Crippen LogP contribution in [0.3, 0.4) is 0 Å². The van der Waals surface area contributed by atoms with Crippen LogP contribution in [0.15, 0.2) is 15.9 Å². The molecule has 0 nitrogen and oxygen atoms in total. The molecule has 0 saturated heterocycles. The molecule has 16 heavy (non-hydrogen) atoms. The van der Waals surface area contributed by atoms with Gasteiger partial charge in [-0.25, -0.2) is 0 Å². The Morgan fingerprint density at radius 2 is 2.06 bits per heavy atom. The average molecular weight is 368 g/mol. The molecule has 0 fully saturated rings. The van der Waals surface area contributed by atoms with Gasteiger partial charge in [0.25, 0.3) is 0 Å². The fraction of sp³-hybridized carbons (Fsp3) is 0.692. The Morgan fingerprint density at radius 1 is 1.31 bits per heavy atom. The van der Waals surface area contributed by atoms with Crippen molar-refractivity contribution < 1.29 is 0 Å². The van der Waals surface area contributed by atoms with Gasteiger partial charge in [0.1, 0.15) is 0 Å². The Bertz CT molecular complexity index is 303. The lowest BCUT2D eigenvalue weighted by atomic mass is 9.79. The fourth-order valence-corrected chi connectivity index (χ4v) is 4.50. The summed E-state index contributed by atoms with van der Waals surface area (Å²) in [6.45, 7) is 4.59. The molecule has 0 spiro atoms. The summed E-state index contributed by atoms with van der Waals surface area (Å²) in [5.74, 6) is 0. The molecule has 0 bridgehead atoms. The van der Waals surface area contributed by atoms with E-state index in [1.165, 1.54) is 40.8 Å². The van der Waals surface area contributed by atoms with E-state index >= 15 is 0 Å². The first-order valence-corrected chi connectivity index (χ1v) is 8.69. The molecule has 0 saturated carbocycles.